The Kier molecular flexibility index (Phi) is 7.92. The van der Waals surface area contributed by atoms with Crippen LogP contribution in [0.1, 0.15) is 34.6 Å². The fraction of sp³-hybridized carbons (Fsp3) is 0.667. The first-order chi connectivity index (χ1) is 7.02. The molecule has 0 N–H and O–H groups in total. The maximum absolute atomic E-state index is 2.44. The Morgan fingerprint density at radius 3 is 1.80 bits per heavy atom. The number of nitrogens with zero attached hydrogens (tertiary/aromatic N) is 2. The summed E-state index contributed by atoms with van der Waals surface area (Å²) in [6, 6.07) is 0.532. The molecule has 1 unspecified atom stereocenters. The summed E-state index contributed by atoms with van der Waals surface area (Å²) >= 11 is 2.44. The molecular weight excluding hydrogens is 299 g/mol. The predicted octanol–water partition coefficient (Wildman–Crippen LogP) is 3.80. The molecule has 88 valence electrons. The lowest BCUT2D eigenvalue weighted by Gasteiger charge is -2.33. The molecule has 0 radical (unpaired) electrons. The molecule has 0 amide bonds. The first-order valence-corrected chi connectivity index (χ1v) is 6.68. The van der Waals surface area contributed by atoms with E-state index >= 15 is 0 Å². The minimum absolute atomic E-state index is 0.505. The van der Waals surface area contributed by atoms with E-state index in [9.17, 15) is 0 Å². The van der Waals surface area contributed by atoms with Crippen LogP contribution in [0.3, 0.4) is 0 Å². The highest BCUT2D eigenvalue weighted by Crippen LogP contribution is 2.11. The summed E-state index contributed by atoms with van der Waals surface area (Å²) in [4.78, 5) is 4.65. The molecule has 0 saturated carbocycles. The molecule has 0 heterocycles. The number of hydrogen-bond donors (Lipinski definition) is 0. The molecule has 0 aliphatic heterocycles. The molecule has 3 heteroatoms. The first kappa shape index (κ1) is 14.8. The lowest BCUT2D eigenvalue weighted by atomic mass is 10.3. The van der Waals surface area contributed by atoms with E-state index in [1.807, 2.05) is 0 Å². The lowest BCUT2D eigenvalue weighted by molar-refractivity contribution is 0.193. The number of halogens is 1. The third-order valence-electron chi connectivity index (χ3n) is 2.13. The van der Waals surface area contributed by atoms with Crippen molar-refractivity contribution in [1.82, 2.24) is 9.80 Å². The second-order valence-corrected chi connectivity index (χ2v) is 5.61. The molecule has 0 fully saturated rings. The Hall–Kier alpha value is -0.190. The van der Waals surface area contributed by atoms with Gasteiger partial charge >= 0.3 is 0 Å². The maximum atomic E-state index is 2.44. The van der Waals surface area contributed by atoms with E-state index in [-0.39, 0.29) is 0 Å². The van der Waals surface area contributed by atoms with E-state index in [0.29, 0.717) is 10.1 Å². The van der Waals surface area contributed by atoms with Crippen LogP contribution in [0.4, 0.5) is 0 Å². The van der Waals surface area contributed by atoms with E-state index in [0.717, 1.165) is 6.67 Å². The van der Waals surface area contributed by atoms with E-state index in [1.54, 1.807) is 0 Å². The molecule has 0 spiro atoms. The van der Waals surface area contributed by atoms with Crippen LogP contribution in [0.5, 0.6) is 0 Å². The molecule has 15 heavy (non-hydrogen) atoms. The van der Waals surface area contributed by atoms with Gasteiger partial charge in [-0.25, -0.2) is 0 Å². The van der Waals surface area contributed by atoms with Gasteiger partial charge in [-0.05, 0) is 47.0 Å². The molecule has 0 aromatic heterocycles. The molecule has 0 aromatic rings. The smallest absolute Gasteiger partial charge is 0.0904 e. The second-order valence-electron chi connectivity index (χ2n) is 3.80. The van der Waals surface area contributed by atoms with Crippen LogP contribution in [0.2, 0.25) is 0 Å². The van der Waals surface area contributed by atoms with Crippen molar-refractivity contribution in [2.24, 2.45) is 0 Å². The van der Waals surface area contributed by atoms with Crippen molar-refractivity contribution >= 4 is 22.6 Å². The SMILES string of the molecule is C/C=C\N(CN(/C=C\C)C(C)I)C(C)C. The highest BCUT2D eigenvalue weighted by molar-refractivity contribution is 14.1. The van der Waals surface area contributed by atoms with Crippen molar-refractivity contribution in [2.75, 3.05) is 6.67 Å². The Morgan fingerprint density at radius 2 is 1.47 bits per heavy atom. The average Bonchev–Trinajstić information content (AvgIpc) is 2.15. The summed E-state index contributed by atoms with van der Waals surface area (Å²) in [6.45, 7) is 11.7. The Bertz CT molecular complexity index is 188. The van der Waals surface area contributed by atoms with Crippen molar-refractivity contribution in [3.63, 3.8) is 0 Å². The monoisotopic (exact) mass is 322 g/mol. The van der Waals surface area contributed by atoms with Crippen molar-refractivity contribution in [3.05, 3.63) is 24.6 Å². The minimum atomic E-state index is 0.505. The summed E-state index contributed by atoms with van der Waals surface area (Å²) in [6.07, 6.45) is 8.48. The van der Waals surface area contributed by atoms with Gasteiger partial charge < -0.3 is 9.80 Å². The number of hydrogen-bond acceptors (Lipinski definition) is 2. The van der Waals surface area contributed by atoms with Crippen LogP contribution in [0, 0.1) is 0 Å². The van der Waals surface area contributed by atoms with Gasteiger partial charge in [0, 0.05) is 6.04 Å². The Balaban J connectivity index is 4.46. The zero-order valence-corrected chi connectivity index (χ0v) is 12.6. The normalized spacial score (nSPS) is 14.1. The van der Waals surface area contributed by atoms with E-state index < -0.39 is 0 Å². The van der Waals surface area contributed by atoms with Gasteiger partial charge in [-0.3, -0.25) is 0 Å². The largest absolute Gasteiger partial charge is 0.358 e. The van der Waals surface area contributed by atoms with Crippen molar-refractivity contribution in [2.45, 2.75) is 44.7 Å². The van der Waals surface area contributed by atoms with Crippen LogP contribution in [0.15, 0.2) is 24.6 Å². The molecule has 0 aliphatic rings. The summed E-state index contributed by atoms with van der Waals surface area (Å²) in [5.41, 5.74) is 0. The van der Waals surface area contributed by atoms with E-state index in [4.69, 9.17) is 0 Å². The first-order valence-electron chi connectivity index (χ1n) is 5.44. The number of rotatable bonds is 6. The number of allylic oxidation sites excluding steroid dienone is 2. The highest BCUT2D eigenvalue weighted by atomic mass is 127. The molecular formula is C12H23IN2. The molecule has 0 aliphatic carbocycles. The van der Waals surface area contributed by atoms with Crippen LogP contribution in [-0.4, -0.2) is 26.6 Å². The molecule has 1 atom stereocenters. The molecule has 0 bridgehead atoms. The van der Waals surface area contributed by atoms with Gasteiger partial charge in [-0.2, -0.15) is 0 Å². The fourth-order valence-electron chi connectivity index (χ4n) is 1.23. The van der Waals surface area contributed by atoms with Crippen molar-refractivity contribution < 1.29 is 0 Å². The summed E-state index contributed by atoms with van der Waals surface area (Å²) in [5, 5.41) is 0. The summed E-state index contributed by atoms with van der Waals surface area (Å²) < 4.78 is 0.505. The Morgan fingerprint density at radius 1 is 1.00 bits per heavy atom. The molecule has 0 saturated heterocycles. The van der Waals surface area contributed by atoms with Gasteiger partial charge in [0.05, 0.1) is 10.7 Å². The van der Waals surface area contributed by atoms with Gasteiger partial charge in [0.2, 0.25) is 0 Å². The molecule has 0 aromatic carbocycles. The quantitative estimate of drug-likeness (QED) is 0.318. The lowest BCUT2D eigenvalue weighted by Crippen LogP contribution is -2.38. The van der Waals surface area contributed by atoms with E-state index in [2.05, 4.69) is 91.6 Å². The second kappa shape index (κ2) is 8.02. The molecule has 2 nitrogen and oxygen atoms in total. The summed E-state index contributed by atoms with van der Waals surface area (Å²) in [7, 11) is 0. The third kappa shape index (κ3) is 6.07. The minimum Gasteiger partial charge on any atom is -0.358 e. The topological polar surface area (TPSA) is 6.48 Å². The predicted molar refractivity (Wildman–Crippen MR) is 76.8 cm³/mol. The zero-order valence-electron chi connectivity index (χ0n) is 10.4. The molecule has 0 rings (SSSR count). The van der Waals surface area contributed by atoms with Gasteiger partial charge in [-0.1, -0.05) is 34.7 Å². The highest BCUT2D eigenvalue weighted by Gasteiger charge is 2.11. The number of alkyl halides is 1. The maximum Gasteiger partial charge on any atom is 0.0904 e. The van der Waals surface area contributed by atoms with Crippen LogP contribution in [0.25, 0.3) is 0 Å². The van der Waals surface area contributed by atoms with Gasteiger partial charge in [0.15, 0.2) is 0 Å². The van der Waals surface area contributed by atoms with Gasteiger partial charge in [0.25, 0.3) is 0 Å². The van der Waals surface area contributed by atoms with Crippen molar-refractivity contribution in [3.8, 4) is 0 Å². The van der Waals surface area contributed by atoms with Gasteiger partial charge in [0.1, 0.15) is 0 Å². The third-order valence-corrected chi connectivity index (χ3v) is 2.84. The average molecular weight is 322 g/mol. The van der Waals surface area contributed by atoms with Crippen LogP contribution >= 0.6 is 22.6 Å². The fourth-order valence-corrected chi connectivity index (χ4v) is 1.59. The zero-order chi connectivity index (χ0) is 11.8. The van der Waals surface area contributed by atoms with Crippen LogP contribution < -0.4 is 0 Å². The summed E-state index contributed by atoms with van der Waals surface area (Å²) in [5.74, 6) is 0. The Labute approximate surface area is 108 Å². The van der Waals surface area contributed by atoms with E-state index in [1.165, 1.54) is 0 Å². The van der Waals surface area contributed by atoms with Crippen molar-refractivity contribution in [1.29, 1.82) is 0 Å². The van der Waals surface area contributed by atoms with Crippen LogP contribution in [-0.2, 0) is 0 Å². The van der Waals surface area contributed by atoms with Gasteiger partial charge in [-0.15, -0.1) is 0 Å². The standard InChI is InChI=1S/C12H23IN2/c1-6-8-14(11(3)4)10-15(9-7-2)12(5)13/h6-9,11-12H,10H2,1-5H3/b8-6-,9-7-.